The maximum absolute atomic E-state index is 14.6. The summed E-state index contributed by atoms with van der Waals surface area (Å²) in [6, 6.07) is 13.3. The molecule has 5 nitrogen and oxygen atoms in total. The molecule has 1 amide bonds. The average molecular weight is 442 g/mol. The van der Waals surface area contributed by atoms with Crippen LogP contribution in [0, 0.1) is 17.7 Å². The number of ketones is 1. The number of aromatic nitrogens is 1. The highest BCUT2D eigenvalue weighted by molar-refractivity contribution is 5.96. The van der Waals surface area contributed by atoms with E-state index in [2.05, 4.69) is 4.98 Å². The minimum absolute atomic E-state index is 0.0348. The third kappa shape index (κ3) is 5.32. The molecule has 3 aromatic rings. The number of ether oxygens (including phenoxy) is 1. The van der Waals surface area contributed by atoms with Crippen molar-refractivity contribution in [2.75, 3.05) is 18.6 Å². The van der Waals surface area contributed by atoms with Crippen LogP contribution in [-0.4, -0.2) is 30.5 Å². The Kier molecular flexibility index (Phi) is 7.25. The van der Waals surface area contributed by atoms with Gasteiger partial charge >= 0.3 is 6.09 Å². The van der Waals surface area contributed by atoms with Gasteiger partial charge in [0.15, 0.2) is 5.78 Å². The van der Waals surface area contributed by atoms with Gasteiger partial charge in [-0.3, -0.25) is 9.69 Å². The number of rotatable bonds is 7. The summed E-state index contributed by atoms with van der Waals surface area (Å²) in [5.41, 5.74) is 1.92. The Hall–Kier alpha value is -3.68. The number of nitrogens with zero attached hydrogens (tertiary/aromatic N) is 2. The molecule has 0 saturated carbocycles. The van der Waals surface area contributed by atoms with Crippen molar-refractivity contribution in [3.8, 4) is 11.1 Å². The molecule has 0 atom stereocenters. The van der Waals surface area contributed by atoms with Gasteiger partial charge < -0.3 is 4.74 Å². The zero-order valence-corrected chi connectivity index (χ0v) is 17.6. The van der Waals surface area contributed by atoms with Gasteiger partial charge in [-0.25, -0.2) is 9.18 Å². The maximum Gasteiger partial charge on any atom is 0.414 e. The van der Waals surface area contributed by atoms with E-state index in [1.54, 1.807) is 37.3 Å². The summed E-state index contributed by atoms with van der Waals surface area (Å²) >= 11 is 0. The van der Waals surface area contributed by atoms with Crippen molar-refractivity contribution in [3.63, 3.8) is 0 Å². The summed E-state index contributed by atoms with van der Waals surface area (Å²) in [4.78, 5) is 28.4. The van der Waals surface area contributed by atoms with Crippen LogP contribution in [0.15, 0.2) is 54.6 Å². The van der Waals surface area contributed by atoms with Gasteiger partial charge in [0.05, 0.1) is 12.3 Å². The van der Waals surface area contributed by atoms with Crippen molar-refractivity contribution in [2.45, 2.75) is 19.8 Å². The molecule has 1 heterocycles. The predicted molar refractivity (Wildman–Crippen MR) is 114 cm³/mol. The van der Waals surface area contributed by atoms with Gasteiger partial charge in [-0.1, -0.05) is 30.3 Å². The fourth-order valence-corrected chi connectivity index (χ4v) is 3.15. The molecule has 0 unspecified atom stereocenters. The molecule has 8 heteroatoms. The lowest BCUT2D eigenvalue weighted by Gasteiger charge is -2.17. The smallest absolute Gasteiger partial charge is 0.414 e. The Morgan fingerprint density at radius 3 is 2.28 bits per heavy atom. The molecule has 2 aromatic carbocycles. The summed E-state index contributed by atoms with van der Waals surface area (Å²) in [5.74, 6) is -2.64. The number of carbonyl (C=O) groups is 2. The van der Waals surface area contributed by atoms with Crippen molar-refractivity contribution in [1.82, 2.24) is 4.98 Å². The molecular weight excluding hydrogens is 421 g/mol. The van der Waals surface area contributed by atoms with Crippen LogP contribution in [-0.2, 0) is 11.2 Å². The second-order valence-electron chi connectivity index (χ2n) is 7.01. The summed E-state index contributed by atoms with van der Waals surface area (Å²) in [5, 5.41) is 0. The molecule has 0 aliphatic carbocycles. The molecule has 0 aliphatic rings. The SMILES string of the molecule is CCOC(=O)N(C)c1ccc(-c2ccc(C(=O)CCc3ccc(F)nc3F)cc2)cc1F. The van der Waals surface area contributed by atoms with E-state index < -0.39 is 23.8 Å². The van der Waals surface area contributed by atoms with E-state index in [1.165, 1.54) is 25.2 Å². The Bertz CT molecular complexity index is 1130. The second kappa shape index (κ2) is 10.1. The van der Waals surface area contributed by atoms with Crippen molar-refractivity contribution < 1.29 is 27.5 Å². The zero-order chi connectivity index (χ0) is 23.3. The molecule has 0 fully saturated rings. The number of pyridine rings is 1. The third-order valence-electron chi connectivity index (χ3n) is 4.90. The van der Waals surface area contributed by atoms with E-state index in [0.717, 1.165) is 11.0 Å². The molecule has 0 aliphatic heterocycles. The molecular formula is C24H21F3N2O3. The monoisotopic (exact) mass is 442 g/mol. The van der Waals surface area contributed by atoms with Gasteiger partial charge in [-0.05, 0) is 48.7 Å². The highest BCUT2D eigenvalue weighted by Gasteiger charge is 2.17. The number of benzene rings is 2. The number of anilines is 1. The first kappa shape index (κ1) is 23.0. The summed E-state index contributed by atoms with van der Waals surface area (Å²) in [7, 11) is 1.42. The first-order chi connectivity index (χ1) is 15.3. The number of carbonyl (C=O) groups excluding carboxylic acids is 2. The molecule has 0 saturated heterocycles. The quantitative estimate of drug-likeness (QED) is 0.354. The van der Waals surface area contributed by atoms with E-state index >= 15 is 0 Å². The Morgan fingerprint density at radius 1 is 0.969 bits per heavy atom. The molecule has 0 spiro atoms. The molecule has 0 N–H and O–H groups in total. The Morgan fingerprint density at radius 2 is 1.66 bits per heavy atom. The molecule has 0 bridgehead atoms. The van der Waals surface area contributed by atoms with Crippen molar-refractivity contribution >= 4 is 17.6 Å². The van der Waals surface area contributed by atoms with Crippen LogP contribution in [0.3, 0.4) is 0 Å². The summed E-state index contributed by atoms with van der Waals surface area (Å²) < 4.78 is 45.9. The van der Waals surface area contributed by atoms with Crippen LogP contribution >= 0.6 is 0 Å². The molecule has 3 rings (SSSR count). The summed E-state index contributed by atoms with van der Waals surface area (Å²) in [6.07, 6.45) is -0.522. The van der Waals surface area contributed by atoms with Crippen LogP contribution in [0.2, 0.25) is 0 Å². The van der Waals surface area contributed by atoms with Crippen LogP contribution in [0.5, 0.6) is 0 Å². The molecule has 0 radical (unpaired) electrons. The number of halogens is 3. The predicted octanol–water partition coefficient (Wildman–Crippen LogP) is 5.57. The van der Waals surface area contributed by atoms with Crippen LogP contribution in [0.25, 0.3) is 11.1 Å². The lowest BCUT2D eigenvalue weighted by Crippen LogP contribution is -2.27. The number of hydrogen-bond acceptors (Lipinski definition) is 4. The fourth-order valence-electron chi connectivity index (χ4n) is 3.15. The minimum atomic E-state index is -0.924. The number of aryl methyl sites for hydroxylation is 1. The van der Waals surface area contributed by atoms with Gasteiger partial charge in [0.1, 0.15) is 5.82 Å². The second-order valence-corrected chi connectivity index (χ2v) is 7.01. The molecule has 32 heavy (non-hydrogen) atoms. The third-order valence-corrected chi connectivity index (χ3v) is 4.90. The van der Waals surface area contributed by atoms with Gasteiger partial charge in [-0.15, -0.1) is 0 Å². The van der Waals surface area contributed by atoms with E-state index in [1.807, 2.05) is 0 Å². The van der Waals surface area contributed by atoms with Crippen molar-refractivity contribution in [3.05, 3.63) is 83.4 Å². The van der Waals surface area contributed by atoms with Crippen LogP contribution < -0.4 is 4.90 Å². The lowest BCUT2D eigenvalue weighted by molar-refractivity contribution is 0.0982. The Balaban J connectivity index is 1.69. The van der Waals surface area contributed by atoms with Gasteiger partial charge in [0.25, 0.3) is 0 Å². The van der Waals surface area contributed by atoms with Gasteiger partial charge in [0.2, 0.25) is 11.9 Å². The summed E-state index contributed by atoms with van der Waals surface area (Å²) in [6.45, 7) is 1.85. The zero-order valence-electron chi connectivity index (χ0n) is 17.6. The lowest BCUT2D eigenvalue weighted by atomic mass is 9.99. The first-order valence-electron chi connectivity index (χ1n) is 9.94. The number of Topliss-reactive ketones (excluding diaryl/α,β-unsaturated/α-hetero) is 1. The van der Waals surface area contributed by atoms with E-state index in [-0.39, 0.29) is 36.5 Å². The highest BCUT2D eigenvalue weighted by atomic mass is 19.1. The van der Waals surface area contributed by atoms with Crippen molar-refractivity contribution in [2.24, 2.45) is 0 Å². The first-order valence-corrected chi connectivity index (χ1v) is 9.94. The standard InChI is InChI=1S/C24H21F3N2O3/c1-3-32-24(31)29(2)20-11-8-18(14-19(20)25)15-4-6-16(7-5-15)21(30)12-9-17-10-13-22(26)28-23(17)27/h4-8,10-11,13-14H,3,9,12H2,1-2H3. The average Bonchev–Trinajstić information content (AvgIpc) is 2.78. The molecule has 166 valence electrons. The van der Waals surface area contributed by atoms with E-state index in [4.69, 9.17) is 4.74 Å². The van der Waals surface area contributed by atoms with Crippen LogP contribution in [0.1, 0.15) is 29.3 Å². The molecule has 1 aromatic heterocycles. The van der Waals surface area contributed by atoms with Crippen molar-refractivity contribution in [1.29, 1.82) is 0 Å². The largest absolute Gasteiger partial charge is 0.449 e. The normalized spacial score (nSPS) is 10.7. The van der Waals surface area contributed by atoms with E-state index in [9.17, 15) is 22.8 Å². The van der Waals surface area contributed by atoms with Gasteiger partial charge in [-0.2, -0.15) is 13.8 Å². The Labute approximate surface area is 183 Å². The van der Waals surface area contributed by atoms with E-state index in [0.29, 0.717) is 16.7 Å². The van der Waals surface area contributed by atoms with Crippen LogP contribution in [0.4, 0.5) is 23.7 Å². The minimum Gasteiger partial charge on any atom is -0.449 e. The topological polar surface area (TPSA) is 59.5 Å². The highest BCUT2D eigenvalue weighted by Crippen LogP contribution is 2.27. The van der Waals surface area contributed by atoms with Gasteiger partial charge in [0, 0.05) is 24.6 Å². The fraction of sp³-hybridized carbons (Fsp3) is 0.208. The maximum atomic E-state index is 14.6. The number of amides is 1. The number of hydrogen-bond donors (Lipinski definition) is 0.